The number of hydrogen-bond acceptors (Lipinski definition) is 20. The molecule has 2 N–H and O–H groups in total. The van der Waals surface area contributed by atoms with Crippen molar-refractivity contribution in [2.75, 3.05) is 51.9 Å². The van der Waals surface area contributed by atoms with Gasteiger partial charge in [0.15, 0.2) is 16.9 Å². The number of rotatable bonds is 55. The van der Waals surface area contributed by atoms with Crippen molar-refractivity contribution in [2.24, 2.45) is 68.4 Å². The molecule has 772 valence electrons. The second kappa shape index (κ2) is 68.1. The van der Waals surface area contributed by atoms with Crippen LogP contribution in [0.3, 0.4) is 0 Å². The molecule has 8 aromatic rings. The standard InChI is InChI=1S/C45H57NO9P2.C21H27O4P.C21H28O3.2C13H25N3O/c1-5-42(49-31-38-18-10-6-11-19-38)45(52-34-41-24-16-9-17-25-41)37(3)30-54-57(48,53-28-27-46-4)55-35-43(50-32-39-20-12-7-13-21-39)44(36(2)26-29-56-47)51-33-40-22-14-8-15-23-40;1-17(12-13-26-23)21(25-16-19-10-6-3-7-11-19)20(14-22)24-15-18-8-4-2-5-9-18;1-3-20(23-15-18-10-6-4-7-11-18)21(17(2)14-22)24-16-19-12-8-5-9-13-19;2*1-7-10-8(2)9(3)11(15-16-14)12(17-10)13(4,5)6/h6-25,36-37,42-45H,5,26-35H2,1-3H3;2-11,17,20-22H,12-16H2,1H3;4-13,17,20-22H,3,14-16H2,1-2H3;2*8-12H,7H2,1-6H3/t36-,37-,42+,43+,44-,45-,57?;2*17-,20+,21-;8-,9-,10?,11?,12+;8-,9-,10?,11?,12-/m11100/s1. The number of ether oxygens (including phenoxy) is 10. The lowest BCUT2D eigenvalue weighted by Gasteiger charge is -2.48. The van der Waals surface area contributed by atoms with E-state index < -0.39 is 32.2 Å². The minimum Gasteiger partial charge on any atom is -0.396 e. The molecule has 25 nitrogen and oxygen atoms in total. The number of aliphatic hydroxyl groups is 2. The molecule has 5 unspecified atom stereocenters. The van der Waals surface area contributed by atoms with Crippen LogP contribution in [-0.4, -0.2) is 147 Å². The number of phosphoric acid groups is 1. The molecule has 2 saturated heterocycles. The van der Waals surface area contributed by atoms with Gasteiger partial charge < -0.3 is 62.4 Å². The number of nitrogens with zero attached hydrogens (tertiary/aromatic N) is 7. The average molecular weight is 2000 g/mol. The van der Waals surface area contributed by atoms with E-state index in [0.717, 1.165) is 70.2 Å². The molecule has 2 aliphatic heterocycles. The monoisotopic (exact) mass is 2000 g/mol. The number of benzene rings is 8. The molecule has 0 radical (unpaired) electrons. The summed E-state index contributed by atoms with van der Waals surface area (Å²) >= 11 is 0. The molecule has 2 aliphatic rings. The molecule has 0 amide bonds. The van der Waals surface area contributed by atoms with Crippen molar-refractivity contribution in [3.05, 3.63) is 319 Å². The van der Waals surface area contributed by atoms with Gasteiger partial charge in [0.25, 0.3) is 0 Å². The Kier molecular flexibility index (Phi) is 58.7. The Morgan fingerprint density at radius 2 is 0.652 bits per heavy atom. The number of azide groups is 2. The molecule has 0 aromatic heterocycles. The molecular formula is C113H162N7O18P3. The van der Waals surface area contributed by atoms with Crippen LogP contribution in [0.4, 0.5) is 0 Å². The first kappa shape index (κ1) is 121. The van der Waals surface area contributed by atoms with Crippen molar-refractivity contribution >= 4 is 24.7 Å². The van der Waals surface area contributed by atoms with Crippen molar-refractivity contribution in [1.82, 2.24) is 0 Å². The van der Waals surface area contributed by atoms with E-state index >= 15 is 0 Å². The Hall–Kier alpha value is -8.30. The summed E-state index contributed by atoms with van der Waals surface area (Å²) in [4.78, 5) is 9.38. The minimum atomic E-state index is -4.27. The normalized spacial score (nSPS) is 21.0. The van der Waals surface area contributed by atoms with E-state index in [1.165, 1.54) is 0 Å². The number of phosphoric ester groups is 1. The largest absolute Gasteiger partial charge is 0.475 e. The van der Waals surface area contributed by atoms with Gasteiger partial charge in [-0.2, -0.15) is 0 Å². The Labute approximate surface area is 845 Å². The van der Waals surface area contributed by atoms with Gasteiger partial charge in [-0.15, -0.1) is 0 Å². The zero-order valence-corrected chi connectivity index (χ0v) is 89.4. The van der Waals surface area contributed by atoms with Crippen LogP contribution < -0.4 is 0 Å². The van der Waals surface area contributed by atoms with Gasteiger partial charge >= 0.3 is 7.82 Å². The molecule has 23 atom stereocenters. The maximum absolute atomic E-state index is 14.5. The first-order valence-electron chi connectivity index (χ1n) is 50.3. The van der Waals surface area contributed by atoms with Gasteiger partial charge in [-0.25, -0.2) is 11.1 Å². The lowest BCUT2D eigenvalue weighted by Crippen LogP contribution is -2.53. The third kappa shape index (κ3) is 44.3. The van der Waals surface area contributed by atoms with Gasteiger partial charge in [0.05, 0.1) is 146 Å². The van der Waals surface area contributed by atoms with Crippen LogP contribution >= 0.6 is 24.7 Å². The molecule has 0 saturated carbocycles. The zero-order chi connectivity index (χ0) is 103. The summed E-state index contributed by atoms with van der Waals surface area (Å²) in [5, 5.41) is 27.4. The average Bonchev–Trinajstić information content (AvgIpc) is 0.787. The first-order chi connectivity index (χ1) is 68.0. The maximum Gasteiger partial charge on any atom is 0.475 e. The summed E-state index contributed by atoms with van der Waals surface area (Å²) in [6, 6.07) is 79.4. The van der Waals surface area contributed by atoms with E-state index in [9.17, 15) is 23.9 Å². The second-order valence-electron chi connectivity index (χ2n) is 39.1. The van der Waals surface area contributed by atoms with E-state index in [0.29, 0.717) is 95.1 Å². The lowest BCUT2D eigenvalue weighted by atomic mass is 9.72. The fourth-order valence-corrected chi connectivity index (χ4v) is 19.6. The molecule has 0 aliphatic carbocycles. The number of hydrogen-bond donors (Lipinski definition) is 2. The van der Waals surface area contributed by atoms with Crippen molar-refractivity contribution in [3.8, 4) is 0 Å². The molecular weight excluding hydrogens is 1840 g/mol. The highest BCUT2D eigenvalue weighted by Gasteiger charge is 2.47. The summed E-state index contributed by atoms with van der Waals surface area (Å²) in [6.45, 7) is 48.2. The molecule has 0 bridgehead atoms. The molecule has 2 heterocycles. The van der Waals surface area contributed by atoms with Crippen LogP contribution in [0.15, 0.2) is 253 Å². The van der Waals surface area contributed by atoms with Crippen molar-refractivity contribution in [3.63, 3.8) is 0 Å². The SMILES string of the molecule is CCC1O[C@@H](C(C)(C)C)C(N=[N+]=[N-])[C@@H](C)[C@@H]1C.CCC1O[C@H](C(C)(C)C)C(N=[N+]=[N-])[C@@H](C)[C@@H]1C.CC[C@H](OCc1ccccc1)[C@H](OCc1ccccc1)[C@H](C)CO.C[C@H](CCP=O)[C@@H](OCc1ccccc1)[C@H](CO)OCc1ccccc1.[C-]#[N+]CCOP(=O)(OC[C@@H](C)[C@@H](OCc1ccccc1)[C@H](CC)OCc1ccccc1)OC[C@H](OCc1ccccc1)[C@H](OCc1ccccc1)[C@H](C)CCP=O. The van der Waals surface area contributed by atoms with E-state index in [1.807, 2.05) is 258 Å². The van der Waals surface area contributed by atoms with Gasteiger partial charge in [0.2, 0.25) is 6.54 Å². The Morgan fingerprint density at radius 1 is 0.383 bits per heavy atom. The van der Waals surface area contributed by atoms with Crippen molar-refractivity contribution in [1.29, 1.82) is 0 Å². The fourth-order valence-electron chi connectivity index (χ4n) is 17.3. The summed E-state index contributed by atoms with van der Waals surface area (Å²) in [5.74, 6) is 1.34. The quantitative estimate of drug-likeness (QED) is 0.00893. The van der Waals surface area contributed by atoms with E-state index in [4.69, 9.17) is 78.6 Å². The van der Waals surface area contributed by atoms with Crippen LogP contribution in [0.5, 0.6) is 0 Å². The second-order valence-corrected chi connectivity index (χ2v) is 42.2. The minimum absolute atomic E-state index is 0.000671. The highest BCUT2D eigenvalue weighted by molar-refractivity contribution is 7.48. The predicted octanol–water partition coefficient (Wildman–Crippen LogP) is 27.8. The molecule has 28 heteroatoms. The first-order valence-corrected chi connectivity index (χ1v) is 53.7. The third-order valence-corrected chi connectivity index (χ3v) is 28.4. The van der Waals surface area contributed by atoms with Crippen LogP contribution in [0.1, 0.15) is 208 Å². The molecule has 8 aromatic carbocycles. The number of aliphatic hydroxyl groups excluding tert-OH is 2. The Bertz CT molecular complexity index is 4740. The van der Waals surface area contributed by atoms with Crippen LogP contribution in [0.25, 0.3) is 25.7 Å². The highest BCUT2D eigenvalue weighted by atomic mass is 31.2. The van der Waals surface area contributed by atoms with Gasteiger partial charge in [-0.05, 0) is 140 Å². The topological polar surface area (TPSA) is 314 Å². The van der Waals surface area contributed by atoms with Gasteiger partial charge in [0, 0.05) is 40.6 Å². The van der Waals surface area contributed by atoms with E-state index in [1.54, 1.807) is 0 Å². The summed E-state index contributed by atoms with van der Waals surface area (Å²) in [5.41, 5.74) is 25.9. The maximum atomic E-state index is 14.5. The highest BCUT2D eigenvalue weighted by Crippen LogP contribution is 2.51. The Morgan fingerprint density at radius 3 is 0.915 bits per heavy atom. The van der Waals surface area contributed by atoms with Gasteiger partial charge in [0.1, 0.15) is 18.8 Å². The third-order valence-electron chi connectivity index (χ3n) is 26.1. The smallest absolute Gasteiger partial charge is 0.396 e. The van der Waals surface area contributed by atoms with Crippen LogP contribution in [0.2, 0.25) is 0 Å². The molecule has 2 fully saturated rings. The van der Waals surface area contributed by atoms with Crippen LogP contribution in [0, 0.1) is 64.7 Å². The van der Waals surface area contributed by atoms with E-state index in [-0.39, 0.29) is 159 Å². The van der Waals surface area contributed by atoms with Crippen molar-refractivity contribution in [2.45, 2.75) is 301 Å². The van der Waals surface area contributed by atoms with Gasteiger partial charge in [-0.3, -0.25) is 22.7 Å². The zero-order valence-electron chi connectivity index (χ0n) is 86.8. The molecule has 141 heavy (non-hydrogen) atoms. The summed E-state index contributed by atoms with van der Waals surface area (Å²) in [6.07, 6.45) is 3.60. The lowest BCUT2D eigenvalue weighted by molar-refractivity contribution is -0.151. The summed E-state index contributed by atoms with van der Waals surface area (Å²) in [7, 11) is -4.09. The fraction of sp³-hybridized carbons (Fsp3) is 0.566. The van der Waals surface area contributed by atoms with Crippen LogP contribution in [-0.2, 0) is 127 Å². The predicted molar refractivity (Wildman–Crippen MR) is 562 cm³/mol. The Balaban J connectivity index is 0.000000300. The van der Waals surface area contributed by atoms with Crippen molar-refractivity contribution < 1.29 is 84.8 Å². The molecule has 0 spiro atoms. The summed E-state index contributed by atoms with van der Waals surface area (Å²) < 4.78 is 118. The van der Waals surface area contributed by atoms with Gasteiger partial charge in [-0.1, -0.05) is 378 Å². The molecule has 10 rings (SSSR count). The van der Waals surface area contributed by atoms with E-state index in [2.05, 4.69) is 134 Å².